The van der Waals surface area contributed by atoms with Gasteiger partial charge in [-0.15, -0.1) is 0 Å². The van der Waals surface area contributed by atoms with Crippen molar-refractivity contribution in [2.45, 2.75) is 59.6 Å². The third-order valence-corrected chi connectivity index (χ3v) is 5.40. The topological polar surface area (TPSA) is 93.5 Å². The van der Waals surface area contributed by atoms with Crippen molar-refractivity contribution >= 4 is 17.8 Å². The summed E-state index contributed by atoms with van der Waals surface area (Å²) in [6, 6.07) is 16.1. The van der Waals surface area contributed by atoms with E-state index in [1.54, 1.807) is 42.3 Å². The number of carbonyl (C=O) groups is 2. The highest BCUT2D eigenvalue weighted by Crippen LogP contribution is 2.17. The molecule has 0 radical (unpaired) electrons. The molecule has 3 aromatic rings. The summed E-state index contributed by atoms with van der Waals surface area (Å²) in [6.07, 6.45) is 3.16. The minimum absolute atomic E-state index is 0.227. The SMILES string of the molecule is CCCCN(Cc1ccc(-n2cc(C)c(NC(=O)c3ccccc3)nc2=O)cc1)C(=O)OC(C)(C)C. The highest BCUT2D eigenvalue weighted by Gasteiger charge is 2.22. The maximum atomic E-state index is 12.7. The summed E-state index contributed by atoms with van der Waals surface area (Å²) in [5.41, 5.74) is 1.62. The van der Waals surface area contributed by atoms with Crippen LogP contribution in [0, 0.1) is 6.92 Å². The average Bonchev–Trinajstić information content (AvgIpc) is 2.83. The number of amides is 2. The van der Waals surface area contributed by atoms with Crippen LogP contribution in [0.5, 0.6) is 0 Å². The van der Waals surface area contributed by atoms with Crippen LogP contribution < -0.4 is 11.0 Å². The number of nitrogens with one attached hydrogen (secondary N) is 1. The molecule has 190 valence electrons. The first-order chi connectivity index (χ1) is 17.1. The number of hydrogen-bond acceptors (Lipinski definition) is 5. The molecule has 0 saturated carbocycles. The molecule has 8 nitrogen and oxygen atoms in total. The van der Waals surface area contributed by atoms with Crippen LogP contribution in [-0.2, 0) is 11.3 Å². The van der Waals surface area contributed by atoms with Gasteiger partial charge in [0.2, 0.25) is 0 Å². The molecule has 2 aromatic carbocycles. The minimum atomic E-state index is -0.565. The van der Waals surface area contributed by atoms with Crippen molar-refractivity contribution in [3.05, 3.63) is 88.0 Å². The number of benzene rings is 2. The lowest BCUT2D eigenvalue weighted by molar-refractivity contribution is 0.0231. The molecule has 0 saturated heterocycles. The first kappa shape index (κ1) is 26.7. The maximum absolute atomic E-state index is 12.7. The van der Waals surface area contributed by atoms with Crippen LogP contribution in [-0.4, -0.2) is 38.6 Å². The molecule has 1 aromatic heterocycles. The molecule has 0 aliphatic carbocycles. The van der Waals surface area contributed by atoms with Crippen molar-refractivity contribution < 1.29 is 14.3 Å². The van der Waals surface area contributed by atoms with E-state index >= 15 is 0 Å². The molecule has 0 aliphatic heterocycles. The Bertz CT molecular complexity index is 1250. The van der Waals surface area contributed by atoms with Gasteiger partial charge in [0.05, 0.1) is 5.69 Å². The largest absolute Gasteiger partial charge is 0.444 e. The summed E-state index contributed by atoms with van der Waals surface area (Å²) in [5, 5.41) is 2.71. The fourth-order valence-corrected chi connectivity index (χ4v) is 3.52. The van der Waals surface area contributed by atoms with Crippen LogP contribution in [0.3, 0.4) is 0 Å². The summed E-state index contributed by atoms with van der Waals surface area (Å²) in [6.45, 7) is 10.4. The predicted molar refractivity (Wildman–Crippen MR) is 141 cm³/mol. The van der Waals surface area contributed by atoms with Gasteiger partial charge in [-0.05, 0) is 63.9 Å². The van der Waals surface area contributed by atoms with Crippen molar-refractivity contribution in [3.63, 3.8) is 0 Å². The van der Waals surface area contributed by atoms with Crippen LogP contribution in [0.2, 0.25) is 0 Å². The molecule has 36 heavy (non-hydrogen) atoms. The molecule has 3 rings (SSSR count). The first-order valence-corrected chi connectivity index (χ1v) is 12.1. The van der Waals surface area contributed by atoms with Gasteiger partial charge >= 0.3 is 11.8 Å². The zero-order valence-electron chi connectivity index (χ0n) is 21.6. The van der Waals surface area contributed by atoms with Crippen LogP contribution in [0.1, 0.15) is 62.0 Å². The number of anilines is 1. The molecule has 0 unspecified atom stereocenters. The molecule has 8 heteroatoms. The van der Waals surface area contributed by atoms with Gasteiger partial charge in [-0.25, -0.2) is 9.59 Å². The lowest BCUT2D eigenvalue weighted by atomic mass is 10.1. The first-order valence-electron chi connectivity index (χ1n) is 12.1. The van der Waals surface area contributed by atoms with E-state index in [1.807, 2.05) is 51.1 Å². The van der Waals surface area contributed by atoms with Gasteiger partial charge in [0, 0.05) is 30.4 Å². The molecular weight excluding hydrogens is 456 g/mol. The van der Waals surface area contributed by atoms with Gasteiger partial charge < -0.3 is 15.0 Å². The van der Waals surface area contributed by atoms with E-state index in [1.165, 1.54) is 4.57 Å². The van der Waals surface area contributed by atoms with Gasteiger partial charge in [0.15, 0.2) is 0 Å². The second-order valence-electron chi connectivity index (χ2n) is 9.67. The van der Waals surface area contributed by atoms with Gasteiger partial charge in [-0.2, -0.15) is 4.98 Å². The molecular formula is C28H34N4O4. The van der Waals surface area contributed by atoms with Gasteiger partial charge in [-0.3, -0.25) is 9.36 Å². The summed E-state index contributed by atoms with van der Waals surface area (Å²) in [4.78, 5) is 43.6. The molecule has 1 N–H and O–H groups in total. The summed E-state index contributed by atoms with van der Waals surface area (Å²) >= 11 is 0. The Hall–Kier alpha value is -3.94. The lowest BCUT2D eigenvalue weighted by Gasteiger charge is -2.27. The van der Waals surface area contributed by atoms with E-state index < -0.39 is 11.3 Å². The Morgan fingerprint density at radius 1 is 1.06 bits per heavy atom. The highest BCUT2D eigenvalue weighted by molar-refractivity contribution is 6.04. The second-order valence-corrected chi connectivity index (χ2v) is 9.67. The molecule has 0 fully saturated rings. The number of ether oxygens (including phenoxy) is 1. The van der Waals surface area contributed by atoms with Gasteiger partial charge in [0.25, 0.3) is 5.91 Å². The van der Waals surface area contributed by atoms with Crippen molar-refractivity contribution in [2.75, 3.05) is 11.9 Å². The number of nitrogens with zero attached hydrogens (tertiary/aromatic N) is 3. The molecule has 0 spiro atoms. The number of carbonyl (C=O) groups excluding carboxylic acids is 2. The van der Waals surface area contributed by atoms with Crippen molar-refractivity contribution in [1.29, 1.82) is 0 Å². The Balaban J connectivity index is 1.76. The molecule has 1 heterocycles. The number of rotatable bonds is 8. The molecule has 0 bridgehead atoms. The number of aryl methyl sites for hydroxylation is 1. The van der Waals surface area contributed by atoms with Crippen molar-refractivity contribution in [2.24, 2.45) is 0 Å². The van der Waals surface area contributed by atoms with Crippen molar-refractivity contribution in [1.82, 2.24) is 14.5 Å². The number of unbranched alkanes of at least 4 members (excludes halogenated alkanes) is 1. The Morgan fingerprint density at radius 2 is 1.72 bits per heavy atom. The maximum Gasteiger partial charge on any atom is 0.410 e. The highest BCUT2D eigenvalue weighted by atomic mass is 16.6. The monoisotopic (exact) mass is 490 g/mol. The summed E-state index contributed by atoms with van der Waals surface area (Å²) < 4.78 is 6.99. The third-order valence-electron chi connectivity index (χ3n) is 5.40. The molecule has 2 amide bonds. The van der Waals surface area contributed by atoms with E-state index in [4.69, 9.17) is 4.74 Å². The number of aromatic nitrogens is 2. The smallest absolute Gasteiger partial charge is 0.410 e. The van der Waals surface area contributed by atoms with E-state index in [-0.39, 0.29) is 17.8 Å². The summed E-state index contributed by atoms with van der Waals surface area (Å²) in [7, 11) is 0. The fraction of sp³-hybridized carbons (Fsp3) is 0.357. The van der Waals surface area contributed by atoms with Crippen LogP contribution in [0.4, 0.5) is 10.6 Å². The second kappa shape index (κ2) is 11.7. The van der Waals surface area contributed by atoms with E-state index in [0.717, 1.165) is 18.4 Å². The van der Waals surface area contributed by atoms with Crippen LogP contribution >= 0.6 is 0 Å². The lowest BCUT2D eigenvalue weighted by Crippen LogP contribution is -2.37. The van der Waals surface area contributed by atoms with Crippen LogP contribution in [0.25, 0.3) is 5.69 Å². The normalized spacial score (nSPS) is 11.1. The Kier molecular flexibility index (Phi) is 8.64. The molecule has 0 aliphatic rings. The quantitative estimate of drug-likeness (QED) is 0.461. The minimum Gasteiger partial charge on any atom is -0.444 e. The number of hydrogen-bond donors (Lipinski definition) is 1. The Morgan fingerprint density at radius 3 is 2.33 bits per heavy atom. The zero-order valence-corrected chi connectivity index (χ0v) is 21.6. The predicted octanol–water partition coefficient (Wildman–Crippen LogP) is 5.33. The van der Waals surface area contributed by atoms with E-state index in [9.17, 15) is 14.4 Å². The summed E-state index contributed by atoms with van der Waals surface area (Å²) in [5.74, 6) is -0.101. The third kappa shape index (κ3) is 7.28. The standard InChI is InChI=1S/C28H34N4O4/c1-6-7-17-31(27(35)36-28(3,4)5)19-21-13-15-23(16-14-21)32-18-20(2)24(30-26(32)34)29-25(33)22-11-9-8-10-12-22/h8-16,18H,6-7,17,19H2,1-5H3,(H,29,30,33,34). The fourth-order valence-electron chi connectivity index (χ4n) is 3.52. The van der Waals surface area contributed by atoms with Gasteiger partial charge in [0.1, 0.15) is 11.4 Å². The Labute approximate surface area is 211 Å². The molecule has 0 atom stereocenters. The zero-order chi connectivity index (χ0) is 26.3. The average molecular weight is 491 g/mol. The van der Waals surface area contributed by atoms with E-state index in [2.05, 4.69) is 17.2 Å². The van der Waals surface area contributed by atoms with Crippen LogP contribution in [0.15, 0.2) is 65.6 Å². The van der Waals surface area contributed by atoms with E-state index in [0.29, 0.717) is 29.9 Å². The van der Waals surface area contributed by atoms with Gasteiger partial charge in [-0.1, -0.05) is 43.7 Å². The van der Waals surface area contributed by atoms with Crippen molar-refractivity contribution in [3.8, 4) is 5.69 Å².